The first-order valence-corrected chi connectivity index (χ1v) is 23.8. The number of rotatable bonds is 39. The zero-order valence-corrected chi connectivity index (χ0v) is 37.5. The number of aliphatic hydroxyl groups is 1. The van der Waals surface area contributed by atoms with Crippen LogP contribution < -0.4 is 5.32 Å². The lowest BCUT2D eigenvalue weighted by Gasteiger charge is -2.25. The summed E-state index contributed by atoms with van der Waals surface area (Å²) in [6.07, 6.45) is 52.2. The van der Waals surface area contributed by atoms with E-state index in [1.807, 2.05) is 34.1 Å². The van der Waals surface area contributed by atoms with Gasteiger partial charge in [-0.05, 0) is 57.8 Å². The number of allylic oxidation sites excluding steroid dienone is 11. The Balaban J connectivity index is 3.83. The molecule has 0 saturated carbocycles. The number of quaternary nitrogens is 1. The smallest absolute Gasteiger partial charge is 0.387 e. The number of carbonyl (C=O) groups excluding carboxylic acids is 1. The number of likely N-dealkylation sites (N-methyl/N-ethyl adjacent to an activating group) is 1. The molecule has 0 aromatic carbocycles. The lowest BCUT2D eigenvalue weighted by molar-refractivity contribution is -0.870. The number of carbonyl (C=O) groups is 1. The average molecular weight is 806 g/mol. The van der Waals surface area contributed by atoms with E-state index in [1.54, 1.807) is 6.08 Å². The number of hydrogen-bond acceptors (Lipinski definition) is 5. The monoisotopic (exact) mass is 806 g/mol. The van der Waals surface area contributed by atoms with Crippen molar-refractivity contribution < 1.29 is 32.9 Å². The quantitative estimate of drug-likeness (QED) is 0.0247. The SMILES string of the molecule is CC/C=C\C/C=C\C/C=C\C/C=C\C/C=C\CCCCCCCCCCCCCCCCCC(=O)NC(COP(=O)(O)OCC[N+](C)(C)C)C(O)/C=C/CCC. The van der Waals surface area contributed by atoms with Crippen LogP contribution in [0.1, 0.15) is 168 Å². The summed E-state index contributed by atoms with van der Waals surface area (Å²) in [5.74, 6) is -0.193. The number of nitrogens with zero attached hydrogens (tertiary/aromatic N) is 1. The Kier molecular flexibility index (Phi) is 37.0. The normalized spacial score (nSPS) is 15.1. The van der Waals surface area contributed by atoms with Crippen LogP contribution in [0.3, 0.4) is 0 Å². The van der Waals surface area contributed by atoms with Crippen LogP contribution in [0.5, 0.6) is 0 Å². The van der Waals surface area contributed by atoms with Gasteiger partial charge in [-0.25, -0.2) is 4.57 Å². The highest BCUT2D eigenvalue weighted by Gasteiger charge is 2.27. The third-order valence-electron chi connectivity index (χ3n) is 9.41. The molecule has 3 N–H and O–H groups in total. The minimum Gasteiger partial charge on any atom is -0.387 e. The van der Waals surface area contributed by atoms with Crippen LogP contribution in [-0.4, -0.2) is 73.4 Å². The van der Waals surface area contributed by atoms with E-state index in [0.717, 1.165) is 64.2 Å². The summed E-state index contributed by atoms with van der Waals surface area (Å²) in [4.78, 5) is 22.8. The predicted octanol–water partition coefficient (Wildman–Crippen LogP) is 12.4. The maximum Gasteiger partial charge on any atom is 0.472 e. The molecule has 0 fully saturated rings. The summed E-state index contributed by atoms with van der Waals surface area (Å²) in [7, 11) is 1.56. The first kappa shape index (κ1) is 53.9. The van der Waals surface area contributed by atoms with Crippen molar-refractivity contribution >= 4 is 13.7 Å². The summed E-state index contributed by atoms with van der Waals surface area (Å²) < 4.78 is 23.2. The zero-order chi connectivity index (χ0) is 41.4. The number of unbranched alkanes of at least 4 members (excludes halogenated alkanes) is 16. The summed E-state index contributed by atoms with van der Waals surface area (Å²) in [5, 5.41) is 13.5. The summed E-state index contributed by atoms with van der Waals surface area (Å²) in [6.45, 7) is 4.47. The first-order valence-electron chi connectivity index (χ1n) is 22.3. The third-order valence-corrected chi connectivity index (χ3v) is 10.4. The van der Waals surface area contributed by atoms with Gasteiger partial charge in [-0.2, -0.15) is 0 Å². The standard InChI is InChI=1S/C47H85N2O6P/c1-6-8-10-11-12-13-14-15-16-17-18-19-20-21-22-23-24-25-26-27-28-29-30-31-32-33-34-35-36-37-39-41-47(51)48-45(46(50)40-38-9-7-2)44-55-56(52,53)54-43-42-49(3,4)5/h8,10,12-13,15-16,18-19,21-22,38,40,45-46,50H,6-7,9,11,14,17,20,23-37,39,41-44H2,1-5H3,(H-,48,51,52,53)/p+1/b10-8-,13-12-,16-15-,19-18-,22-21-,40-38+. The lowest BCUT2D eigenvalue weighted by atomic mass is 10.0. The average Bonchev–Trinajstić information content (AvgIpc) is 3.15. The Morgan fingerprint density at radius 3 is 1.54 bits per heavy atom. The van der Waals surface area contributed by atoms with Gasteiger partial charge in [0.05, 0.1) is 39.9 Å². The van der Waals surface area contributed by atoms with E-state index in [9.17, 15) is 19.4 Å². The van der Waals surface area contributed by atoms with Crippen LogP contribution >= 0.6 is 7.82 Å². The molecule has 0 heterocycles. The minimum absolute atomic E-state index is 0.0575. The van der Waals surface area contributed by atoms with Gasteiger partial charge in [0.15, 0.2) is 0 Å². The second kappa shape index (κ2) is 38.5. The number of hydrogen-bond donors (Lipinski definition) is 3. The maximum absolute atomic E-state index is 12.7. The van der Waals surface area contributed by atoms with Gasteiger partial charge in [0, 0.05) is 6.42 Å². The van der Waals surface area contributed by atoms with Gasteiger partial charge in [-0.15, -0.1) is 0 Å². The van der Waals surface area contributed by atoms with Gasteiger partial charge in [0.2, 0.25) is 5.91 Å². The molecule has 3 unspecified atom stereocenters. The van der Waals surface area contributed by atoms with E-state index in [0.29, 0.717) is 17.4 Å². The number of phosphoric acid groups is 1. The van der Waals surface area contributed by atoms with Gasteiger partial charge in [-0.1, -0.05) is 177 Å². The molecule has 0 aromatic rings. The highest BCUT2D eigenvalue weighted by molar-refractivity contribution is 7.47. The zero-order valence-electron chi connectivity index (χ0n) is 36.6. The lowest BCUT2D eigenvalue weighted by Crippen LogP contribution is -2.45. The van der Waals surface area contributed by atoms with Crippen molar-refractivity contribution in [2.75, 3.05) is 40.9 Å². The predicted molar refractivity (Wildman–Crippen MR) is 240 cm³/mol. The first-order chi connectivity index (χ1) is 27.0. The largest absolute Gasteiger partial charge is 0.472 e. The highest BCUT2D eigenvalue weighted by atomic mass is 31.2. The van der Waals surface area contributed by atoms with Crippen LogP contribution in [0, 0.1) is 0 Å². The Morgan fingerprint density at radius 2 is 1.07 bits per heavy atom. The fourth-order valence-corrected chi connectivity index (χ4v) is 6.63. The molecular weight excluding hydrogens is 719 g/mol. The fraction of sp³-hybridized carbons (Fsp3) is 0.723. The van der Waals surface area contributed by atoms with Gasteiger partial charge >= 0.3 is 7.82 Å². The molecule has 0 aliphatic rings. The summed E-state index contributed by atoms with van der Waals surface area (Å²) >= 11 is 0. The van der Waals surface area contributed by atoms with E-state index < -0.39 is 20.0 Å². The van der Waals surface area contributed by atoms with Gasteiger partial charge < -0.3 is 19.8 Å². The molecule has 0 bridgehead atoms. The van der Waals surface area contributed by atoms with Crippen LogP contribution in [0.4, 0.5) is 0 Å². The minimum atomic E-state index is -4.31. The summed E-state index contributed by atoms with van der Waals surface area (Å²) in [5.41, 5.74) is 0. The van der Waals surface area contributed by atoms with E-state index in [2.05, 4.69) is 73.0 Å². The molecule has 9 heteroatoms. The molecule has 0 saturated heterocycles. The topological polar surface area (TPSA) is 105 Å². The van der Waals surface area contributed by atoms with Crippen molar-refractivity contribution in [2.24, 2.45) is 0 Å². The van der Waals surface area contributed by atoms with Crippen molar-refractivity contribution in [1.82, 2.24) is 5.32 Å². The molecule has 0 aliphatic heterocycles. The molecule has 324 valence electrons. The fourth-order valence-electron chi connectivity index (χ4n) is 5.90. The molecule has 8 nitrogen and oxygen atoms in total. The molecule has 0 spiro atoms. The van der Waals surface area contributed by atoms with Crippen molar-refractivity contribution in [3.63, 3.8) is 0 Å². The molecule has 3 atom stereocenters. The second-order valence-electron chi connectivity index (χ2n) is 16.0. The molecule has 0 rings (SSSR count). The second-order valence-corrected chi connectivity index (χ2v) is 17.5. The van der Waals surface area contributed by atoms with E-state index >= 15 is 0 Å². The Bertz CT molecular complexity index is 1140. The van der Waals surface area contributed by atoms with E-state index in [-0.39, 0.29) is 19.1 Å². The Hall–Kier alpha value is -2.06. The van der Waals surface area contributed by atoms with Crippen LogP contribution in [-0.2, 0) is 18.4 Å². The third kappa shape index (κ3) is 40.1. The Morgan fingerprint density at radius 1 is 0.625 bits per heavy atom. The Labute approximate surface area is 344 Å². The van der Waals surface area contributed by atoms with E-state index in [4.69, 9.17) is 9.05 Å². The van der Waals surface area contributed by atoms with Crippen molar-refractivity contribution in [3.05, 3.63) is 72.9 Å². The molecule has 1 amide bonds. The van der Waals surface area contributed by atoms with E-state index in [1.165, 1.54) is 83.5 Å². The maximum atomic E-state index is 12.7. The molecule has 56 heavy (non-hydrogen) atoms. The van der Waals surface area contributed by atoms with Crippen molar-refractivity contribution in [1.29, 1.82) is 0 Å². The van der Waals surface area contributed by atoms with Crippen LogP contribution in [0.15, 0.2) is 72.9 Å². The molecule has 0 radical (unpaired) electrons. The molecule has 0 aliphatic carbocycles. The number of phosphoric ester groups is 1. The van der Waals surface area contributed by atoms with Crippen molar-refractivity contribution in [3.8, 4) is 0 Å². The highest BCUT2D eigenvalue weighted by Crippen LogP contribution is 2.43. The van der Waals surface area contributed by atoms with Gasteiger partial charge in [0.25, 0.3) is 0 Å². The van der Waals surface area contributed by atoms with Gasteiger partial charge in [0.1, 0.15) is 13.2 Å². The van der Waals surface area contributed by atoms with Crippen LogP contribution in [0.2, 0.25) is 0 Å². The number of nitrogens with one attached hydrogen (secondary N) is 1. The summed E-state index contributed by atoms with van der Waals surface area (Å²) in [6, 6.07) is -0.844. The van der Waals surface area contributed by atoms with Gasteiger partial charge in [-0.3, -0.25) is 13.8 Å². The van der Waals surface area contributed by atoms with Crippen LogP contribution in [0.25, 0.3) is 0 Å². The van der Waals surface area contributed by atoms with Crippen molar-refractivity contribution in [2.45, 2.75) is 180 Å². The number of aliphatic hydroxyl groups excluding tert-OH is 1. The molecular formula is C47H86N2O6P+. The molecule has 0 aromatic heterocycles. The number of amides is 1.